The smallest absolute Gasteiger partial charge is 0.171 e. The van der Waals surface area contributed by atoms with Crippen molar-refractivity contribution < 1.29 is 0 Å². The number of benzene rings is 3. The van der Waals surface area contributed by atoms with Gasteiger partial charge in [0.15, 0.2) is 5.11 Å². The van der Waals surface area contributed by atoms with Gasteiger partial charge in [-0.25, -0.2) is 0 Å². The molecule has 0 bridgehead atoms. The highest BCUT2D eigenvalue weighted by Gasteiger charge is 2.15. The van der Waals surface area contributed by atoms with Crippen LogP contribution in [0.15, 0.2) is 72.8 Å². The summed E-state index contributed by atoms with van der Waals surface area (Å²) in [4.78, 5) is 0. The van der Waals surface area contributed by atoms with E-state index in [0.29, 0.717) is 5.11 Å². The van der Waals surface area contributed by atoms with Crippen molar-refractivity contribution in [2.24, 2.45) is 0 Å². The fourth-order valence-corrected chi connectivity index (χ4v) is 3.44. The zero-order chi connectivity index (χ0) is 18.5. The topological polar surface area (TPSA) is 24.1 Å². The van der Waals surface area contributed by atoms with Gasteiger partial charge in [-0.05, 0) is 67.4 Å². The van der Waals surface area contributed by atoms with E-state index in [1.54, 1.807) is 0 Å². The van der Waals surface area contributed by atoms with Gasteiger partial charge in [0, 0.05) is 5.69 Å². The molecule has 0 radical (unpaired) electrons. The van der Waals surface area contributed by atoms with Crippen molar-refractivity contribution in [1.82, 2.24) is 5.32 Å². The summed E-state index contributed by atoms with van der Waals surface area (Å²) in [6.45, 7) is 6.29. The first-order valence-electron chi connectivity index (χ1n) is 8.78. The normalized spacial score (nSPS) is 11.7. The van der Waals surface area contributed by atoms with Crippen molar-refractivity contribution in [2.75, 3.05) is 5.32 Å². The lowest BCUT2D eigenvalue weighted by Gasteiger charge is -2.22. The minimum atomic E-state index is 0.00186. The number of hydrogen-bond acceptors (Lipinski definition) is 1. The molecule has 3 rings (SSSR count). The molecule has 0 aromatic heterocycles. The first-order valence-corrected chi connectivity index (χ1v) is 9.19. The van der Waals surface area contributed by atoms with Gasteiger partial charge in [0.2, 0.25) is 0 Å². The minimum absolute atomic E-state index is 0.00186. The summed E-state index contributed by atoms with van der Waals surface area (Å²) in [6, 6.07) is 25.3. The van der Waals surface area contributed by atoms with Gasteiger partial charge in [-0.15, -0.1) is 0 Å². The molecule has 0 aliphatic carbocycles. The Morgan fingerprint density at radius 2 is 1.38 bits per heavy atom. The van der Waals surface area contributed by atoms with E-state index in [4.69, 9.17) is 12.2 Å². The molecule has 0 heterocycles. The lowest BCUT2D eigenvalue weighted by molar-refractivity contribution is 0.767. The van der Waals surface area contributed by atoms with E-state index in [9.17, 15) is 0 Å². The van der Waals surface area contributed by atoms with Gasteiger partial charge in [-0.1, -0.05) is 66.2 Å². The van der Waals surface area contributed by atoms with Crippen LogP contribution in [0.1, 0.15) is 33.9 Å². The number of anilines is 1. The van der Waals surface area contributed by atoms with E-state index in [0.717, 1.165) is 5.69 Å². The zero-order valence-corrected chi connectivity index (χ0v) is 16.2. The Kier molecular flexibility index (Phi) is 5.69. The van der Waals surface area contributed by atoms with E-state index in [2.05, 4.69) is 98.1 Å². The second kappa shape index (κ2) is 8.15. The fraction of sp³-hybridized carbons (Fsp3) is 0.174. The highest BCUT2D eigenvalue weighted by atomic mass is 32.1. The third-order valence-corrected chi connectivity index (χ3v) is 4.48. The molecule has 3 aromatic rings. The molecule has 0 spiro atoms. The highest BCUT2D eigenvalue weighted by molar-refractivity contribution is 7.80. The number of hydrogen-bond donors (Lipinski definition) is 2. The summed E-state index contributed by atoms with van der Waals surface area (Å²) < 4.78 is 0. The quantitative estimate of drug-likeness (QED) is 0.585. The van der Waals surface area contributed by atoms with Gasteiger partial charge in [0.05, 0.1) is 6.04 Å². The lowest BCUT2D eigenvalue weighted by Crippen LogP contribution is -2.33. The van der Waals surface area contributed by atoms with Crippen LogP contribution in [-0.2, 0) is 0 Å². The average molecular weight is 361 g/mol. The number of nitrogens with one attached hydrogen (secondary N) is 2. The molecule has 0 saturated heterocycles. The van der Waals surface area contributed by atoms with E-state index < -0.39 is 0 Å². The van der Waals surface area contributed by atoms with E-state index in [1.165, 1.54) is 27.8 Å². The summed E-state index contributed by atoms with van der Waals surface area (Å²) in [5, 5.41) is 7.43. The Morgan fingerprint density at radius 3 is 2.04 bits per heavy atom. The van der Waals surface area contributed by atoms with Crippen LogP contribution in [0.4, 0.5) is 5.69 Å². The molecule has 3 heteroatoms. The average Bonchev–Trinajstić information content (AvgIpc) is 2.59. The Balaban J connectivity index is 1.84. The van der Waals surface area contributed by atoms with E-state index in [1.807, 2.05) is 6.07 Å². The van der Waals surface area contributed by atoms with Crippen molar-refractivity contribution >= 4 is 23.0 Å². The summed E-state index contributed by atoms with van der Waals surface area (Å²) in [5.74, 6) is 0. The molecule has 1 unspecified atom stereocenters. The monoisotopic (exact) mass is 360 g/mol. The molecule has 2 nitrogen and oxygen atoms in total. The number of aryl methyl sites for hydroxylation is 3. The third-order valence-electron chi connectivity index (χ3n) is 4.26. The van der Waals surface area contributed by atoms with Gasteiger partial charge in [0.25, 0.3) is 0 Å². The SMILES string of the molecule is Cc1cc(C)cc(NC(=S)NC(c2ccccc2)c2cccc(C)c2)c1. The first kappa shape index (κ1) is 18.2. The Labute approximate surface area is 161 Å². The van der Waals surface area contributed by atoms with Crippen LogP contribution in [0.25, 0.3) is 0 Å². The van der Waals surface area contributed by atoms with Crippen LogP contribution in [-0.4, -0.2) is 5.11 Å². The first-order chi connectivity index (χ1) is 12.5. The molecule has 0 aliphatic rings. The summed E-state index contributed by atoms with van der Waals surface area (Å²) in [7, 11) is 0. The maximum Gasteiger partial charge on any atom is 0.171 e. The molecule has 3 aromatic carbocycles. The molecule has 2 N–H and O–H groups in total. The molecular formula is C23H24N2S. The van der Waals surface area contributed by atoms with Crippen LogP contribution in [0.3, 0.4) is 0 Å². The van der Waals surface area contributed by atoms with Crippen molar-refractivity contribution in [3.63, 3.8) is 0 Å². The van der Waals surface area contributed by atoms with Crippen molar-refractivity contribution in [1.29, 1.82) is 0 Å². The van der Waals surface area contributed by atoms with Gasteiger partial charge in [-0.2, -0.15) is 0 Å². The molecular weight excluding hydrogens is 336 g/mol. The minimum Gasteiger partial charge on any atom is -0.352 e. The third kappa shape index (κ3) is 4.70. The summed E-state index contributed by atoms with van der Waals surface area (Å²) in [6.07, 6.45) is 0. The van der Waals surface area contributed by atoms with Crippen LogP contribution in [0.2, 0.25) is 0 Å². The van der Waals surface area contributed by atoms with Gasteiger partial charge in [-0.3, -0.25) is 0 Å². The predicted octanol–water partition coefficient (Wildman–Crippen LogP) is 5.69. The second-order valence-corrected chi connectivity index (χ2v) is 7.14. The summed E-state index contributed by atoms with van der Waals surface area (Å²) in [5.41, 5.74) is 7.06. The largest absolute Gasteiger partial charge is 0.352 e. The zero-order valence-electron chi connectivity index (χ0n) is 15.4. The number of rotatable bonds is 4. The van der Waals surface area contributed by atoms with Crippen molar-refractivity contribution in [2.45, 2.75) is 26.8 Å². The number of thiocarbonyl (C=S) groups is 1. The van der Waals surface area contributed by atoms with Crippen LogP contribution in [0, 0.1) is 20.8 Å². The Bertz CT molecular complexity index is 883. The molecule has 0 fully saturated rings. The van der Waals surface area contributed by atoms with Gasteiger partial charge in [0.1, 0.15) is 0 Å². The lowest BCUT2D eigenvalue weighted by atomic mass is 9.97. The molecule has 0 saturated carbocycles. The summed E-state index contributed by atoms with van der Waals surface area (Å²) >= 11 is 5.61. The fourth-order valence-electron chi connectivity index (χ4n) is 3.20. The van der Waals surface area contributed by atoms with E-state index >= 15 is 0 Å². The van der Waals surface area contributed by atoms with Gasteiger partial charge >= 0.3 is 0 Å². The Morgan fingerprint density at radius 1 is 0.731 bits per heavy atom. The van der Waals surface area contributed by atoms with E-state index in [-0.39, 0.29) is 6.04 Å². The molecule has 0 aliphatic heterocycles. The highest BCUT2D eigenvalue weighted by Crippen LogP contribution is 2.23. The van der Waals surface area contributed by atoms with Crippen molar-refractivity contribution in [3.05, 3.63) is 101 Å². The standard InChI is InChI=1S/C23H24N2S/c1-16-8-7-11-20(13-16)22(19-9-5-4-6-10-19)25-23(26)24-21-14-17(2)12-18(3)15-21/h4-15,22H,1-3H3,(H2,24,25,26). The second-order valence-electron chi connectivity index (χ2n) is 6.73. The Hall–Kier alpha value is -2.65. The molecule has 132 valence electrons. The maximum absolute atomic E-state index is 5.61. The molecule has 1 atom stereocenters. The molecule has 0 amide bonds. The van der Waals surface area contributed by atoms with Gasteiger partial charge < -0.3 is 10.6 Å². The molecule has 26 heavy (non-hydrogen) atoms. The predicted molar refractivity (Wildman–Crippen MR) is 115 cm³/mol. The van der Waals surface area contributed by atoms with Crippen molar-refractivity contribution in [3.8, 4) is 0 Å². The maximum atomic E-state index is 5.61. The van der Waals surface area contributed by atoms with Crippen LogP contribution < -0.4 is 10.6 Å². The van der Waals surface area contributed by atoms with Crippen LogP contribution >= 0.6 is 12.2 Å². The van der Waals surface area contributed by atoms with Crippen LogP contribution in [0.5, 0.6) is 0 Å².